The number of benzene rings is 1. The fourth-order valence-corrected chi connectivity index (χ4v) is 3.48. The Hall–Kier alpha value is -2.94. The highest BCUT2D eigenvalue weighted by molar-refractivity contribution is 6.31. The van der Waals surface area contributed by atoms with Crippen molar-refractivity contribution < 1.29 is 23.8 Å². The van der Waals surface area contributed by atoms with Crippen LogP contribution in [0.2, 0.25) is 5.02 Å². The van der Waals surface area contributed by atoms with Gasteiger partial charge in [0, 0.05) is 19.2 Å². The van der Waals surface area contributed by atoms with Crippen LogP contribution >= 0.6 is 11.6 Å². The third-order valence-corrected chi connectivity index (χ3v) is 4.74. The van der Waals surface area contributed by atoms with Crippen LogP contribution in [0.15, 0.2) is 24.4 Å². The number of aromatic nitrogens is 2. The lowest BCUT2D eigenvalue weighted by Gasteiger charge is -2.35. The van der Waals surface area contributed by atoms with Gasteiger partial charge in [-0.3, -0.25) is 5.32 Å². The van der Waals surface area contributed by atoms with E-state index < -0.39 is 23.5 Å². The highest BCUT2D eigenvalue weighted by Crippen LogP contribution is 2.45. The molecule has 0 radical (unpaired) electrons. The zero-order valence-electron chi connectivity index (χ0n) is 13.2. The normalized spacial score (nSPS) is 21.3. The van der Waals surface area contributed by atoms with Gasteiger partial charge in [0.15, 0.2) is 17.1 Å². The molecule has 1 fully saturated rings. The van der Waals surface area contributed by atoms with E-state index in [1.165, 1.54) is 24.4 Å². The van der Waals surface area contributed by atoms with Crippen molar-refractivity contribution in [3.05, 3.63) is 46.5 Å². The molecule has 0 saturated carbocycles. The average Bonchev–Trinajstić information content (AvgIpc) is 3.02. The number of carbonyl (C=O) groups excluding carboxylic acids is 1. The first-order valence-electron chi connectivity index (χ1n) is 7.69. The van der Waals surface area contributed by atoms with Gasteiger partial charge in [-0.1, -0.05) is 11.6 Å². The Morgan fingerprint density at radius 2 is 2.23 bits per heavy atom. The Balaban J connectivity index is 1.74. The number of carboxylic acid groups (broad SMARTS) is 1. The van der Waals surface area contributed by atoms with Crippen LogP contribution in [0, 0.1) is 5.82 Å². The van der Waals surface area contributed by atoms with E-state index in [1.54, 1.807) is 4.90 Å². The number of nitrogens with zero attached hydrogens (tertiary/aromatic N) is 3. The van der Waals surface area contributed by atoms with Crippen LogP contribution in [0.25, 0.3) is 0 Å². The maximum atomic E-state index is 14.7. The number of hydrogen-bond acceptors (Lipinski definition) is 6. The summed E-state index contributed by atoms with van der Waals surface area (Å²) in [5, 5.41) is 11.5. The zero-order valence-corrected chi connectivity index (χ0v) is 14.0. The summed E-state index contributed by atoms with van der Waals surface area (Å²) in [5.74, 6) is -1.68. The molecule has 8 nitrogen and oxygen atoms in total. The molecule has 134 valence electrons. The molecule has 0 aliphatic carbocycles. The van der Waals surface area contributed by atoms with E-state index in [0.29, 0.717) is 12.2 Å². The van der Waals surface area contributed by atoms with Crippen LogP contribution < -0.4 is 10.2 Å². The fourth-order valence-electron chi connectivity index (χ4n) is 3.32. The number of hydrogen-bond donors (Lipinski definition) is 2. The molecule has 3 heterocycles. The van der Waals surface area contributed by atoms with Crippen molar-refractivity contribution in [2.45, 2.75) is 12.0 Å². The van der Waals surface area contributed by atoms with Gasteiger partial charge in [-0.25, -0.2) is 23.9 Å². The van der Waals surface area contributed by atoms with E-state index in [-0.39, 0.29) is 35.2 Å². The SMILES string of the molecule is O=C1Nc2ccc(Cl)c(F)c2[C@]2(CCN(c3nccc(C(=O)O)n3)C2)O1. The summed E-state index contributed by atoms with van der Waals surface area (Å²) in [6, 6.07) is 4.16. The molecule has 4 rings (SSSR count). The number of anilines is 2. The molecule has 2 aliphatic rings. The van der Waals surface area contributed by atoms with E-state index in [1.807, 2.05) is 0 Å². The number of halogens is 2. The van der Waals surface area contributed by atoms with Crippen molar-refractivity contribution in [3.63, 3.8) is 0 Å². The third-order valence-electron chi connectivity index (χ3n) is 4.45. The quantitative estimate of drug-likeness (QED) is 0.827. The second kappa shape index (κ2) is 5.80. The lowest BCUT2D eigenvalue weighted by molar-refractivity contribution is 0.0263. The molecule has 0 bridgehead atoms. The molecule has 2 aliphatic heterocycles. The van der Waals surface area contributed by atoms with Crippen LogP contribution in [0.1, 0.15) is 22.5 Å². The largest absolute Gasteiger partial charge is 0.477 e. The highest BCUT2D eigenvalue weighted by Gasteiger charge is 2.50. The highest BCUT2D eigenvalue weighted by atomic mass is 35.5. The lowest BCUT2D eigenvalue weighted by atomic mass is 9.89. The van der Waals surface area contributed by atoms with Crippen molar-refractivity contribution in [2.75, 3.05) is 23.3 Å². The van der Waals surface area contributed by atoms with Gasteiger partial charge >= 0.3 is 12.1 Å². The number of aromatic carboxylic acids is 1. The van der Waals surface area contributed by atoms with Crippen molar-refractivity contribution in [3.8, 4) is 0 Å². The molecule has 1 saturated heterocycles. The molecule has 1 amide bonds. The van der Waals surface area contributed by atoms with Crippen LogP contribution in [0.5, 0.6) is 0 Å². The number of ether oxygens (including phenoxy) is 1. The molecule has 1 aromatic heterocycles. The summed E-state index contributed by atoms with van der Waals surface area (Å²) in [6.07, 6.45) is 0.920. The second-order valence-corrected chi connectivity index (χ2v) is 6.42. The smallest absolute Gasteiger partial charge is 0.412 e. The van der Waals surface area contributed by atoms with Crippen molar-refractivity contribution in [1.82, 2.24) is 9.97 Å². The van der Waals surface area contributed by atoms with Crippen molar-refractivity contribution >= 4 is 35.3 Å². The topological polar surface area (TPSA) is 105 Å². The standard InChI is InChI=1S/C16H12ClFN4O4/c17-8-1-2-9-11(12(8)18)16(26-15(25)21-9)4-6-22(7-16)14-19-5-3-10(20-14)13(23)24/h1-3,5H,4,6-7H2,(H,21,25)(H,23,24)/t16-/m1/s1. The predicted octanol–water partition coefficient (Wildman–Crippen LogP) is 2.63. The van der Waals surface area contributed by atoms with Gasteiger partial charge in [0.2, 0.25) is 5.95 Å². The summed E-state index contributed by atoms with van der Waals surface area (Å²) in [7, 11) is 0. The maximum absolute atomic E-state index is 14.7. The summed E-state index contributed by atoms with van der Waals surface area (Å²) in [5.41, 5.74) is -0.950. The monoisotopic (exact) mass is 378 g/mol. The van der Waals surface area contributed by atoms with E-state index in [9.17, 15) is 14.0 Å². The Kier molecular flexibility index (Phi) is 3.69. The molecule has 1 aromatic carbocycles. The van der Waals surface area contributed by atoms with E-state index in [2.05, 4.69) is 15.3 Å². The first-order chi connectivity index (χ1) is 12.4. The van der Waals surface area contributed by atoms with Gasteiger partial charge < -0.3 is 14.7 Å². The van der Waals surface area contributed by atoms with Crippen molar-refractivity contribution in [2.24, 2.45) is 0 Å². The number of fused-ring (bicyclic) bond motifs is 2. The maximum Gasteiger partial charge on any atom is 0.412 e. The molecule has 0 unspecified atom stereocenters. The first kappa shape index (κ1) is 16.5. The first-order valence-corrected chi connectivity index (χ1v) is 8.07. The molecule has 1 spiro atoms. The molecular formula is C16H12ClFN4O4. The Morgan fingerprint density at radius 1 is 1.42 bits per heavy atom. The Bertz CT molecular complexity index is 940. The van der Waals surface area contributed by atoms with E-state index in [4.69, 9.17) is 21.4 Å². The zero-order chi connectivity index (χ0) is 18.5. The minimum absolute atomic E-state index is 0.0771. The van der Waals surface area contributed by atoms with Gasteiger partial charge in [-0.05, 0) is 18.2 Å². The average molecular weight is 379 g/mol. The molecule has 10 heteroatoms. The minimum atomic E-state index is -1.25. The fraction of sp³-hybridized carbons (Fsp3) is 0.250. The molecular weight excluding hydrogens is 367 g/mol. The number of nitrogens with one attached hydrogen (secondary N) is 1. The number of rotatable bonds is 2. The van der Waals surface area contributed by atoms with E-state index >= 15 is 0 Å². The Labute approximate surface area is 151 Å². The van der Waals surface area contributed by atoms with Gasteiger partial charge in [0.1, 0.15) is 0 Å². The van der Waals surface area contributed by atoms with Gasteiger partial charge in [-0.15, -0.1) is 0 Å². The minimum Gasteiger partial charge on any atom is -0.477 e. The van der Waals surface area contributed by atoms with Gasteiger partial charge in [-0.2, -0.15) is 0 Å². The number of carbonyl (C=O) groups is 2. The van der Waals surface area contributed by atoms with Gasteiger partial charge in [0.25, 0.3) is 0 Å². The van der Waals surface area contributed by atoms with E-state index in [0.717, 1.165) is 0 Å². The van der Waals surface area contributed by atoms with Crippen LogP contribution in [0.3, 0.4) is 0 Å². The molecule has 26 heavy (non-hydrogen) atoms. The summed E-state index contributed by atoms with van der Waals surface area (Å²) < 4.78 is 20.2. The molecule has 1 atom stereocenters. The molecule has 2 N–H and O–H groups in total. The Morgan fingerprint density at radius 3 is 3.00 bits per heavy atom. The van der Waals surface area contributed by atoms with Crippen LogP contribution in [-0.2, 0) is 10.3 Å². The third kappa shape index (κ3) is 2.51. The van der Waals surface area contributed by atoms with Crippen LogP contribution in [0.4, 0.5) is 20.8 Å². The second-order valence-electron chi connectivity index (χ2n) is 6.01. The number of amides is 1. The van der Waals surface area contributed by atoms with Crippen molar-refractivity contribution in [1.29, 1.82) is 0 Å². The predicted molar refractivity (Wildman–Crippen MR) is 89.0 cm³/mol. The lowest BCUT2D eigenvalue weighted by Crippen LogP contribution is -2.43. The number of carboxylic acids is 1. The molecule has 2 aromatic rings. The van der Waals surface area contributed by atoms with Gasteiger partial charge in [0.05, 0.1) is 22.8 Å². The summed E-state index contributed by atoms with van der Waals surface area (Å²) >= 11 is 5.91. The van der Waals surface area contributed by atoms with Crippen LogP contribution in [-0.4, -0.2) is 40.2 Å². The summed E-state index contributed by atoms with van der Waals surface area (Å²) in [6.45, 7) is 0.426. The summed E-state index contributed by atoms with van der Waals surface area (Å²) in [4.78, 5) is 32.8.